The van der Waals surface area contributed by atoms with Gasteiger partial charge in [0.05, 0.1) is 27.1 Å². The van der Waals surface area contributed by atoms with Gasteiger partial charge in [-0.05, 0) is 35.9 Å². The lowest BCUT2D eigenvalue weighted by Gasteiger charge is -2.15. The van der Waals surface area contributed by atoms with Crippen LogP contribution in [0.3, 0.4) is 0 Å². The highest BCUT2D eigenvalue weighted by molar-refractivity contribution is 7.92. The second-order valence-corrected chi connectivity index (χ2v) is 8.60. The number of aromatic nitrogens is 2. The zero-order chi connectivity index (χ0) is 21.0. The molecular formula is C18H14Cl3N3O4S. The van der Waals surface area contributed by atoms with Gasteiger partial charge in [0.1, 0.15) is 12.9 Å². The van der Waals surface area contributed by atoms with Crippen LogP contribution in [0.2, 0.25) is 15.1 Å². The van der Waals surface area contributed by atoms with Crippen molar-refractivity contribution >= 4 is 50.6 Å². The summed E-state index contributed by atoms with van der Waals surface area (Å²) in [6.45, 7) is -0.273. The van der Waals surface area contributed by atoms with Crippen LogP contribution in [0, 0.1) is 0 Å². The number of rotatable bonds is 7. The standard InChI is InChI=1S/C18H14Cl3N3O4S/c19-12-3-1-11(2-4-12)16-17(22-10-23-18(16)28-8-7-25)24-29(26,27)13-5-6-14(20)15(21)9-13/h1-6,9-10,25H,7-8H2,(H,22,23,24). The quantitative estimate of drug-likeness (QED) is 0.530. The summed E-state index contributed by atoms with van der Waals surface area (Å²) in [5.41, 5.74) is 0.857. The Hall–Kier alpha value is -2.10. The molecule has 0 spiro atoms. The fourth-order valence-electron chi connectivity index (χ4n) is 2.41. The van der Waals surface area contributed by atoms with Crippen molar-refractivity contribution in [2.24, 2.45) is 0 Å². The largest absolute Gasteiger partial charge is 0.475 e. The predicted molar refractivity (Wildman–Crippen MR) is 112 cm³/mol. The number of hydrogen-bond acceptors (Lipinski definition) is 6. The highest BCUT2D eigenvalue weighted by Gasteiger charge is 2.22. The Labute approximate surface area is 182 Å². The Bertz CT molecular complexity index is 1130. The fraction of sp³-hybridized carbons (Fsp3) is 0.111. The Balaban J connectivity index is 2.08. The van der Waals surface area contributed by atoms with E-state index in [1.807, 2.05) is 0 Å². The molecule has 3 aromatic rings. The van der Waals surface area contributed by atoms with E-state index in [0.717, 1.165) is 6.33 Å². The Morgan fingerprint density at radius 1 is 1.00 bits per heavy atom. The van der Waals surface area contributed by atoms with Gasteiger partial charge in [-0.3, -0.25) is 4.72 Å². The van der Waals surface area contributed by atoms with Gasteiger partial charge in [0.25, 0.3) is 10.0 Å². The molecule has 2 N–H and O–H groups in total. The molecule has 11 heteroatoms. The molecule has 1 aromatic heterocycles. The van der Waals surface area contributed by atoms with Crippen molar-refractivity contribution in [3.63, 3.8) is 0 Å². The topological polar surface area (TPSA) is 101 Å². The number of hydrogen-bond donors (Lipinski definition) is 2. The van der Waals surface area contributed by atoms with E-state index >= 15 is 0 Å². The molecule has 0 saturated heterocycles. The maximum atomic E-state index is 12.9. The van der Waals surface area contributed by atoms with Gasteiger partial charge < -0.3 is 9.84 Å². The summed E-state index contributed by atoms with van der Waals surface area (Å²) in [4.78, 5) is 8.02. The number of benzene rings is 2. The van der Waals surface area contributed by atoms with E-state index in [-0.39, 0.29) is 39.9 Å². The van der Waals surface area contributed by atoms with E-state index in [0.29, 0.717) is 16.1 Å². The van der Waals surface area contributed by atoms with Gasteiger partial charge >= 0.3 is 0 Å². The van der Waals surface area contributed by atoms with Crippen LogP contribution in [0.4, 0.5) is 5.82 Å². The van der Waals surface area contributed by atoms with Crippen LogP contribution in [0.5, 0.6) is 5.88 Å². The molecule has 0 amide bonds. The predicted octanol–water partition coefficient (Wildman–Crippen LogP) is 4.28. The molecule has 3 rings (SSSR count). The van der Waals surface area contributed by atoms with Crippen molar-refractivity contribution in [2.45, 2.75) is 4.90 Å². The molecular weight excluding hydrogens is 461 g/mol. The third-order valence-electron chi connectivity index (χ3n) is 3.71. The van der Waals surface area contributed by atoms with Crippen LogP contribution in [0.15, 0.2) is 53.7 Å². The fourth-order valence-corrected chi connectivity index (χ4v) is 3.94. The second-order valence-electron chi connectivity index (χ2n) is 5.66. The van der Waals surface area contributed by atoms with Gasteiger partial charge in [0.2, 0.25) is 5.88 Å². The molecule has 0 aliphatic carbocycles. The first kappa shape index (κ1) is 21.6. The first-order valence-electron chi connectivity index (χ1n) is 8.14. The minimum atomic E-state index is -4.04. The van der Waals surface area contributed by atoms with Crippen LogP contribution in [-0.4, -0.2) is 36.7 Å². The summed E-state index contributed by atoms with van der Waals surface area (Å²) in [6.07, 6.45) is 1.15. The summed E-state index contributed by atoms with van der Waals surface area (Å²) in [7, 11) is -4.04. The third-order valence-corrected chi connectivity index (χ3v) is 6.04. The summed E-state index contributed by atoms with van der Waals surface area (Å²) < 4.78 is 33.6. The molecule has 0 unspecified atom stereocenters. The Morgan fingerprint density at radius 3 is 2.38 bits per heavy atom. The molecule has 1 heterocycles. The minimum absolute atomic E-state index is 0.0127. The lowest BCUT2D eigenvalue weighted by molar-refractivity contribution is 0.197. The molecule has 2 aromatic carbocycles. The van der Waals surface area contributed by atoms with Gasteiger partial charge in [0.15, 0.2) is 5.82 Å². The minimum Gasteiger partial charge on any atom is -0.475 e. The van der Waals surface area contributed by atoms with E-state index in [1.54, 1.807) is 24.3 Å². The first-order valence-corrected chi connectivity index (χ1v) is 10.8. The third kappa shape index (κ3) is 5.09. The number of anilines is 1. The zero-order valence-electron chi connectivity index (χ0n) is 14.6. The van der Waals surface area contributed by atoms with Gasteiger partial charge in [0, 0.05) is 5.02 Å². The molecule has 0 fully saturated rings. The smallest absolute Gasteiger partial charge is 0.263 e. The summed E-state index contributed by atoms with van der Waals surface area (Å²) in [5, 5.41) is 9.89. The highest BCUT2D eigenvalue weighted by atomic mass is 35.5. The molecule has 0 aliphatic heterocycles. The second kappa shape index (κ2) is 9.15. The van der Waals surface area contributed by atoms with E-state index in [4.69, 9.17) is 44.6 Å². The number of aliphatic hydroxyl groups excluding tert-OH is 1. The SMILES string of the molecule is O=S(=O)(Nc1ncnc(OCCO)c1-c1ccc(Cl)cc1)c1ccc(Cl)c(Cl)c1. The number of aliphatic hydroxyl groups is 1. The molecule has 0 bridgehead atoms. The number of nitrogens with zero attached hydrogens (tertiary/aromatic N) is 2. The zero-order valence-corrected chi connectivity index (χ0v) is 17.7. The van der Waals surface area contributed by atoms with Gasteiger partial charge in [-0.1, -0.05) is 46.9 Å². The summed E-state index contributed by atoms with van der Waals surface area (Å²) in [5.74, 6) is 0.0875. The van der Waals surface area contributed by atoms with Crippen LogP contribution in [-0.2, 0) is 10.0 Å². The van der Waals surface area contributed by atoms with Gasteiger partial charge in [-0.15, -0.1) is 0 Å². The molecule has 152 valence electrons. The van der Waals surface area contributed by atoms with Crippen molar-refractivity contribution in [2.75, 3.05) is 17.9 Å². The first-order chi connectivity index (χ1) is 13.8. The molecule has 7 nitrogen and oxygen atoms in total. The summed E-state index contributed by atoms with van der Waals surface area (Å²) >= 11 is 17.8. The van der Waals surface area contributed by atoms with Crippen LogP contribution in [0.25, 0.3) is 11.1 Å². The number of nitrogens with one attached hydrogen (secondary N) is 1. The van der Waals surface area contributed by atoms with Crippen LogP contribution in [0.1, 0.15) is 0 Å². The molecule has 0 atom stereocenters. The molecule has 0 aliphatic rings. The van der Waals surface area contributed by atoms with Crippen molar-refractivity contribution in [1.29, 1.82) is 0 Å². The summed E-state index contributed by atoms with van der Waals surface area (Å²) in [6, 6.07) is 10.6. The normalized spacial score (nSPS) is 11.3. The highest BCUT2D eigenvalue weighted by Crippen LogP contribution is 2.36. The van der Waals surface area contributed by atoms with E-state index in [2.05, 4.69) is 14.7 Å². The number of ether oxygens (including phenoxy) is 1. The van der Waals surface area contributed by atoms with Crippen molar-refractivity contribution < 1.29 is 18.3 Å². The average molecular weight is 475 g/mol. The maximum absolute atomic E-state index is 12.9. The van der Waals surface area contributed by atoms with Crippen LogP contribution >= 0.6 is 34.8 Å². The molecule has 29 heavy (non-hydrogen) atoms. The lowest BCUT2D eigenvalue weighted by atomic mass is 10.1. The molecule has 0 saturated carbocycles. The number of sulfonamides is 1. The lowest BCUT2D eigenvalue weighted by Crippen LogP contribution is -2.16. The van der Waals surface area contributed by atoms with Crippen LogP contribution < -0.4 is 9.46 Å². The van der Waals surface area contributed by atoms with Crippen molar-refractivity contribution in [3.05, 3.63) is 63.9 Å². The van der Waals surface area contributed by atoms with E-state index in [1.165, 1.54) is 18.2 Å². The molecule has 0 radical (unpaired) electrons. The van der Waals surface area contributed by atoms with E-state index < -0.39 is 10.0 Å². The maximum Gasteiger partial charge on any atom is 0.263 e. The van der Waals surface area contributed by atoms with Crippen molar-refractivity contribution in [1.82, 2.24) is 9.97 Å². The number of halogens is 3. The Kier molecular flexibility index (Phi) is 6.81. The van der Waals surface area contributed by atoms with Crippen molar-refractivity contribution in [3.8, 4) is 17.0 Å². The van der Waals surface area contributed by atoms with Gasteiger partial charge in [-0.2, -0.15) is 0 Å². The Morgan fingerprint density at radius 2 is 1.72 bits per heavy atom. The average Bonchev–Trinajstić information content (AvgIpc) is 2.69. The monoisotopic (exact) mass is 473 g/mol. The van der Waals surface area contributed by atoms with E-state index in [9.17, 15) is 8.42 Å². The van der Waals surface area contributed by atoms with Gasteiger partial charge in [-0.25, -0.2) is 18.4 Å².